The number of halogens is 3. The van der Waals surface area contributed by atoms with E-state index in [0.29, 0.717) is 18.1 Å². The van der Waals surface area contributed by atoms with Crippen molar-refractivity contribution >= 4 is 79.5 Å². The molecule has 5 rings (SSSR count). The topological polar surface area (TPSA) is 63.6 Å². The number of carbonyl (C=O) groups excluding carboxylic acids is 2. The quantitative estimate of drug-likeness (QED) is 0.0881. The average molecular weight is 941 g/mol. The third-order valence-electron chi connectivity index (χ3n) is 12.7. The van der Waals surface area contributed by atoms with Crippen LogP contribution in [0.2, 0.25) is 0 Å². The minimum atomic E-state index is -0.909. The van der Waals surface area contributed by atoms with E-state index < -0.39 is 11.9 Å². The second kappa shape index (κ2) is 13.9. The van der Waals surface area contributed by atoms with Gasteiger partial charge in [-0.05, 0) is 172 Å². The van der Waals surface area contributed by atoms with Gasteiger partial charge in [-0.15, -0.1) is 0 Å². The molecule has 244 valence electrons. The highest BCUT2D eigenvalue weighted by Gasteiger charge is 2.59. The summed E-state index contributed by atoms with van der Waals surface area (Å²) in [6, 6.07) is 1.78. The van der Waals surface area contributed by atoms with Gasteiger partial charge in [-0.1, -0.05) is 65.5 Å². The number of aromatic hydroxyl groups is 1. The molecule has 0 aliphatic heterocycles. The summed E-state index contributed by atoms with van der Waals surface area (Å²) in [5.74, 6) is 3.29. The van der Waals surface area contributed by atoms with Gasteiger partial charge >= 0.3 is 5.97 Å². The van der Waals surface area contributed by atoms with E-state index in [2.05, 4.69) is 85.9 Å². The molecule has 0 aromatic heterocycles. The first-order chi connectivity index (χ1) is 20.7. The first-order valence-corrected chi connectivity index (χ1v) is 20.2. The smallest absolute Gasteiger partial charge is 0.316 e. The van der Waals surface area contributed by atoms with Crippen molar-refractivity contribution in [2.75, 3.05) is 0 Å². The third kappa shape index (κ3) is 6.56. The normalized spacial score (nSPS) is 34.4. The molecule has 1 aromatic carbocycles. The molecule has 44 heavy (non-hydrogen) atoms. The Hall–Kier alpha value is 0.0900. The van der Waals surface area contributed by atoms with E-state index in [-0.39, 0.29) is 23.1 Å². The molecule has 0 radical (unpaired) electrons. The summed E-state index contributed by atoms with van der Waals surface area (Å²) in [5.41, 5.74) is 2.59. The zero-order valence-electron chi connectivity index (χ0n) is 27.4. The van der Waals surface area contributed by atoms with E-state index in [4.69, 9.17) is 4.74 Å². The van der Waals surface area contributed by atoms with E-state index >= 15 is 0 Å². The Labute approximate surface area is 306 Å². The summed E-state index contributed by atoms with van der Waals surface area (Å²) < 4.78 is 8.00. The molecule has 3 fully saturated rings. The molecule has 1 aromatic rings. The van der Waals surface area contributed by atoms with Crippen molar-refractivity contribution in [1.29, 1.82) is 0 Å². The van der Waals surface area contributed by atoms with Crippen molar-refractivity contribution < 1.29 is 19.4 Å². The zero-order chi connectivity index (χ0) is 32.1. The highest BCUT2D eigenvalue weighted by atomic mass is 127. The van der Waals surface area contributed by atoms with Gasteiger partial charge in [0.05, 0.1) is 7.14 Å². The summed E-state index contributed by atoms with van der Waals surface area (Å²) in [4.78, 5) is 26.7. The van der Waals surface area contributed by atoms with Crippen molar-refractivity contribution in [2.45, 2.75) is 118 Å². The number of ketones is 1. The number of phenolic OH excluding ortho intramolecular Hbond substituents is 1. The Bertz CT molecular complexity index is 1310. The number of allylic oxidation sites excluding steroid dienone is 1. The van der Waals surface area contributed by atoms with E-state index in [1.807, 2.05) is 22.6 Å². The predicted molar refractivity (Wildman–Crippen MR) is 203 cm³/mol. The van der Waals surface area contributed by atoms with Gasteiger partial charge in [0.15, 0.2) is 5.78 Å². The molecule has 1 unspecified atom stereocenters. The Morgan fingerprint density at radius 1 is 0.977 bits per heavy atom. The second-order valence-electron chi connectivity index (χ2n) is 15.6. The molecule has 1 N–H and O–H groups in total. The number of Topliss-reactive ketones (excluding diaryl/α,β-unsaturated/α-hetero) is 1. The van der Waals surface area contributed by atoms with Gasteiger partial charge in [-0.3, -0.25) is 9.59 Å². The van der Waals surface area contributed by atoms with E-state index in [1.165, 1.54) is 56.9 Å². The van der Waals surface area contributed by atoms with Crippen LogP contribution >= 0.6 is 67.8 Å². The van der Waals surface area contributed by atoms with Gasteiger partial charge < -0.3 is 9.84 Å². The van der Waals surface area contributed by atoms with E-state index in [0.717, 1.165) is 58.3 Å². The molecule has 0 bridgehead atoms. The number of rotatable bonds is 9. The lowest BCUT2D eigenvalue weighted by Gasteiger charge is -2.58. The van der Waals surface area contributed by atoms with Crippen LogP contribution in [0.4, 0.5) is 0 Å². The Balaban J connectivity index is 1.23. The van der Waals surface area contributed by atoms with Gasteiger partial charge in [0, 0.05) is 15.6 Å². The average Bonchev–Trinajstić information content (AvgIpc) is 3.32. The molecule has 0 saturated heterocycles. The number of esters is 1. The molecule has 3 saturated carbocycles. The third-order valence-corrected chi connectivity index (χ3v) is 15.4. The first kappa shape index (κ1) is 35.4. The van der Waals surface area contributed by atoms with Crippen molar-refractivity contribution in [3.05, 3.63) is 34.0 Å². The predicted octanol–water partition coefficient (Wildman–Crippen LogP) is 11.0. The molecule has 0 amide bonds. The molecule has 0 heterocycles. The summed E-state index contributed by atoms with van der Waals surface area (Å²) in [6.07, 6.45) is 15.9. The minimum Gasteiger partial charge on any atom is -0.506 e. The second-order valence-corrected chi connectivity index (χ2v) is 19.0. The van der Waals surface area contributed by atoms with Crippen LogP contribution in [-0.2, 0) is 9.53 Å². The van der Waals surface area contributed by atoms with Crippen molar-refractivity contribution in [1.82, 2.24) is 0 Å². The lowest BCUT2D eigenvalue weighted by molar-refractivity contribution is -0.154. The fourth-order valence-electron chi connectivity index (χ4n) is 10.1. The SMILES string of the molecule is CC(C)CCC[C@@H](C)[C@H]1CC[C@H]2[C@@H]3CC=C4C[C@@H](OC(=O)C(C)C(=O)c5c(I)cc(I)c(O)c5I)CC[C@]4(C)[C@H]3CC[C@]12C. The number of hydrogen-bond donors (Lipinski definition) is 1. The van der Waals surface area contributed by atoms with Crippen LogP contribution in [0.1, 0.15) is 123 Å². The van der Waals surface area contributed by atoms with Crippen LogP contribution in [0, 0.1) is 63.0 Å². The Kier molecular flexibility index (Phi) is 11.2. The van der Waals surface area contributed by atoms with E-state index in [1.54, 1.807) is 13.0 Å². The van der Waals surface area contributed by atoms with Crippen LogP contribution in [0.15, 0.2) is 17.7 Å². The summed E-state index contributed by atoms with van der Waals surface area (Å²) in [7, 11) is 0. The van der Waals surface area contributed by atoms with Gasteiger partial charge in [0.2, 0.25) is 0 Å². The molecule has 4 aliphatic rings. The maximum atomic E-state index is 13.4. The highest BCUT2D eigenvalue weighted by molar-refractivity contribution is 14.1. The largest absolute Gasteiger partial charge is 0.506 e. The number of phenols is 1. The molecule has 0 spiro atoms. The molecule has 9 atom stereocenters. The van der Waals surface area contributed by atoms with Gasteiger partial charge in [0.25, 0.3) is 0 Å². The minimum absolute atomic E-state index is 0.0944. The molecular weight excluding hydrogens is 889 g/mol. The molecular formula is C37H51I3O4. The van der Waals surface area contributed by atoms with Gasteiger partial charge in [-0.2, -0.15) is 0 Å². The lowest BCUT2D eigenvalue weighted by atomic mass is 9.47. The maximum Gasteiger partial charge on any atom is 0.316 e. The number of fused-ring (bicyclic) bond motifs is 5. The summed E-state index contributed by atoms with van der Waals surface area (Å²) in [6.45, 7) is 14.1. The number of carbonyl (C=O) groups is 2. The van der Waals surface area contributed by atoms with Crippen LogP contribution in [0.25, 0.3) is 0 Å². The standard InChI is InChI=1S/C37H51I3O4/c1-20(2)8-7-9-21(3)26-12-13-27-25-11-10-23-18-24(14-16-36(23,5)28(25)15-17-37(26,27)6)44-35(43)22(4)33(41)31-29(38)19-30(39)34(42)32(31)40/h10,19-22,24-28,42H,7-9,11-18H2,1-6H3/t21-,22?,24+,25+,26-,27+,28+,36+,37-/m1/s1. The fraction of sp³-hybridized carbons (Fsp3) is 0.730. The van der Waals surface area contributed by atoms with Crippen molar-refractivity contribution in [3.8, 4) is 5.75 Å². The highest BCUT2D eigenvalue weighted by Crippen LogP contribution is 2.67. The van der Waals surface area contributed by atoms with Crippen LogP contribution in [0.5, 0.6) is 5.75 Å². The summed E-state index contributed by atoms with van der Waals surface area (Å²) in [5, 5.41) is 10.4. The number of benzene rings is 1. The van der Waals surface area contributed by atoms with Crippen molar-refractivity contribution in [2.24, 2.45) is 52.3 Å². The van der Waals surface area contributed by atoms with Gasteiger partial charge in [0.1, 0.15) is 17.8 Å². The van der Waals surface area contributed by atoms with Crippen LogP contribution < -0.4 is 0 Å². The monoisotopic (exact) mass is 940 g/mol. The Morgan fingerprint density at radius 2 is 1.70 bits per heavy atom. The first-order valence-electron chi connectivity index (χ1n) is 17.0. The van der Waals surface area contributed by atoms with E-state index in [9.17, 15) is 14.7 Å². The Morgan fingerprint density at radius 3 is 2.41 bits per heavy atom. The fourth-order valence-corrected chi connectivity index (χ4v) is 14.1. The molecule has 4 nitrogen and oxygen atoms in total. The van der Waals surface area contributed by atoms with Crippen molar-refractivity contribution in [3.63, 3.8) is 0 Å². The number of ether oxygens (including phenoxy) is 1. The van der Waals surface area contributed by atoms with Gasteiger partial charge in [-0.25, -0.2) is 0 Å². The number of hydrogen-bond acceptors (Lipinski definition) is 4. The van der Waals surface area contributed by atoms with Crippen LogP contribution in [0.3, 0.4) is 0 Å². The maximum absolute atomic E-state index is 13.4. The molecule has 4 aliphatic carbocycles. The summed E-state index contributed by atoms with van der Waals surface area (Å²) >= 11 is 6.17. The molecule has 7 heteroatoms. The lowest BCUT2D eigenvalue weighted by Crippen LogP contribution is -2.51. The van der Waals surface area contributed by atoms with Crippen LogP contribution in [-0.4, -0.2) is 23.0 Å². The zero-order valence-corrected chi connectivity index (χ0v) is 33.8.